The zero-order valence-corrected chi connectivity index (χ0v) is 47.6. The smallest absolute Gasteiger partial charge is 0.163 e. The lowest BCUT2D eigenvalue weighted by atomic mass is 9.79. The second-order valence-electron chi connectivity index (χ2n) is 23.0. The molecule has 0 amide bonds. The molecule has 0 fully saturated rings. The third kappa shape index (κ3) is 8.59. The molecule has 2 aliphatic rings. The first kappa shape index (κ1) is 50.3. The van der Waals surface area contributed by atoms with Crippen molar-refractivity contribution in [3.63, 3.8) is 0 Å². The lowest BCUT2D eigenvalue weighted by Crippen LogP contribution is -2.17. The van der Waals surface area contributed by atoms with Crippen molar-refractivity contribution in [3.05, 3.63) is 326 Å². The summed E-state index contributed by atoms with van der Waals surface area (Å²) in [5.74, 6) is 1.95. The van der Waals surface area contributed by atoms with Crippen LogP contribution in [0.4, 0.5) is 0 Å². The van der Waals surface area contributed by atoms with E-state index in [1.54, 1.807) is 0 Å². The van der Waals surface area contributed by atoms with Gasteiger partial charge >= 0.3 is 0 Å². The molecule has 17 rings (SSSR count). The quantitative estimate of drug-likeness (QED) is 0.137. The molecule has 4 heterocycles. The van der Waals surface area contributed by atoms with Gasteiger partial charge in [0.05, 0.1) is 33.1 Å². The molecule has 0 saturated heterocycles. The lowest BCUT2D eigenvalue weighted by Gasteiger charge is -2.31. The Kier molecular flexibility index (Phi) is 12.1. The third-order valence-electron chi connectivity index (χ3n) is 18.0. The molecule has 4 aromatic heterocycles. The zero-order valence-electron chi connectivity index (χ0n) is 47.6. The summed E-state index contributed by atoms with van der Waals surface area (Å²) >= 11 is 0. The summed E-state index contributed by atoms with van der Waals surface area (Å²) in [7, 11) is 0. The minimum absolute atomic E-state index is 0.00887. The first-order chi connectivity index (χ1) is 43.1. The van der Waals surface area contributed by atoms with Crippen LogP contribution in [0.1, 0.15) is 47.5 Å². The van der Waals surface area contributed by atoms with E-state index in [4.69, 9.17) is 15.0 Å². The topological polar surface area (TPSA) is 53.5 Å². The first-order valence-corrected chi connectivity index (χ1v) is 30.1. The largest absolute Gasteiger partial charge is 0.312 e. The summed E-state index contributed by atoms with van der Waals surface area (Å²) in [5, 5.41) is 7.26. The first-order valence-electron chi connectivity index (χ1n) is 30.1. The van der Waals surface area contributed by atoms with Crippen LogP contribution >= 0.6 is 0 Å². The van der Waals surface area contributed by atoms with Crippen LogP contribution < -0.4 is 0 Å². The second-order valence-corrected chi connectivity index (χ2v) is 23.0. The van der Waals surface area contributed by atoms with Gasteiger partial charge in [-0.25, -0.2) is 15.0 Å². The van der Waals surface area contributed by atoms with E-state index in [0.717, 1.165) is 62.5 Å². The van der Waals surface area contributed by atoms with Crippen molar-refractivity contribution in [2.75, 3.05) is 0 Å². The molecule has 2 aliphatic carbocycles. The average Bonchev–Trinajstić information content (AvgIpc) is 1.67. The fourth-order valence-corrected chi connectivity index (χ4v) is 13.9. The zero-order chi connectivity index (χ0) is 57.4. The number of aromatic nitrogens is 6. The number of nitrogens with zero attached hydrogens (tertiary/aromatic N) is 6. The molecule has 0 saturated carbocycles. The van der Waals surface area contributed by atoms with Gasteiger partial charge in [-0.05, 0) is 112 Å². The molecule has 2 atom stereocenters. The van der Waals surface area contributed by atoms with Crippen LogP contribution in [0, 0.1) is 0 Å². The van der Waals surface area contributed by atoms with E-state index in [-0.39, 0.29) is 11.8 Å². The Morgan fingerprint density at radius 1 is 0.333 bits per heavy atom. The Balaban J connectivity index is 0.983. The van der Waals surface area contributed by atoms with Crippen molar-refractivity contribution in [1.29, 1.82) is 0 Å². The van der Waals surface area contributed by atoms with Gasteiger partial charge in [0.2, 0.25) is 0 Å². The van der Waals surface area contributed by atoms with Gasteiger partial charge in [0.15, 0.2) is 11.6 Å². The summed E-state index contributed by atoms with van der Waals surface area (Å²) < 4.78 is 7.51. The Morgan fingerprint density at radius 3 is 1.36 bits per heavy atom. The number of allylic oxidation sites excluding steroid dienone is 8. The molecule has 0 N–H and O–H groups in total. The van der Waals surface area contributed by atoms with E-state index in [1.165, 1.54) is 82.3 Å². The molecule has 11 aromatic carbocycles. The maximum atomic E-state index is 5.51. The van der Waals surface area contributed by atoms with Crippen LogP contribution in [-0.4, -0.2) is 28.7 Å². The maximum absolute atomic E-state index is 5.51. The van der Waals surface area contributed by atoms with Crippen LogP contribution in [0.5, 0.6) is 0 Å². The molecule has 6 nitrogen and oxygen atoms in total. The Bertz CT molecular complexity index is 5200. The number of hydrogen-bond donors (Lipinski definition) is 0. The predicted molar refractivity (Wildman–Crippen MR) is 361 cm³/mol. The molecule has 0 spiro atoms. The molecule has 15 aromatic rings. The highest BCUT2D eigenvalue weighted by Gasteiger charge is 2.33. The minimum Gasteiger partial charge on any atom is -0.312 e. The molecule has 87 heavy (non-hydrogen) atoms. The fourth-order valence-electron chi connectivity index (χ4n) is 13.9. The van der Waals surface area contributed by atoms with Gasteiger partial charge in [0, 0.05) is 72.4 Å². The Morgan fingerprint density at radius 2 is 0.793 bits per heavy atom. The summed E-state index contributed by atoms with van der Waals surface area (Å²) in [4.78, 5) is 16.2. The number of hydrogen-bond acceptors (Lipinski definition) is 3. The molecule has 0 radical (unpaired) electrons. The summed E-state index contributed by atoms with van der Waals surface area (Å²) in [6.07, 6.45) is 12.5. The Hall–Kier alpha value is -11.2. The van der Waals surface area contributed by atoms with Gasteiger partial charge in [-0.15, -0.1) is 0 Å². The number of rotatable bonds is 10. The highest BCUT2D eigenvalue weighted by molar-refractivity contribution is 6.16. The van der Waals surface area contributed by atoms with Gasteiger partial charge in [-0.3, -0.25) is 0 Å². The molecule has 6 heteroatoms. The monoisotopic (exact) mass is 1110 g/mol. The number of para-hydroxylation sites is 4. The van der Waals surface area contributed by atoms with Gasteiger partial charge < -0.3 is 13.7 Å². The van der Waals surface area contributed by atoms with Crippen molar-refractivity contribution in [2.24, 2.45) is 0 Å². The van der Waals surface area contributed by atoms with Gasteiger partial charge in [-0.2, -0.15) is 0 Å². The van der Waals surface area contributed by atoms with Crippen molar-refractivity contribution >= 4 is 82.3 Å². The van der Waals surface area contributed by atoms with Crippen molar-refractivity contribution in [3.8, 4) is 45.0 Å². The highest BCUT2D eigenvalue weighted by atomic mass is 15.1. The van der Waals surface area contributed by atoms with Gasteiger partial charge in [0.25, 0.3) is 0 Å². The summed E-state index contributed by atoms with van der Waals surface area (Å²) in [6.45, 7) is 0. The van der Waals surface area contributed by atoms with Gasteiger partial charge in [0.1, 0.15) is 5.82 Å². The molecule has 0 bridgehead atoms. The van der Waals surface area contributed by atoms with Crippen molar-refractivity contribution in [1.82, 2.24) is 28.7 Å². The summed E-state index contributed by atoms with van der Waals surface area (Å²) in [6, 6.07) is 99.8. The highest BCUT2D eigenvalue weighted by Crippen LogP contribution is 2.50. The van der Waals surface area contributed by atoms with E-state index in [2.05, 4.69) is 311 Å². The van der Waals surface area contributed by atoms with E-state index in [9.17, 15) is 0 Å². The van der Waals surface area contributed by atoms with Crippen LogP contribution in [0.3, 0.4) is 0 Å². The lowest BCUT2D eigenvalue weighted by molar-refractivity contribution is 0.751. The van der Waals surface area contributed by atoms with E-state index in [0.29, 0.717) is 18.1 Å². The van der Waals surface area contributed by atoms with Crippen LogP contribution in [0.15, 0.2) is 303 Å². The number of fused-ring (bicyclic) bond motifs is 9. The molecule has 0 aliphatic heterocycles. The van der Waals surface area contributed by atoms with E-state index < -0.39 is 0 Å². The van der Waals surface area contributed by atoms with Gasteiger partial charge in [-0.1, -0.05) is 243 Å². The Labute approximate surface area is 504 Å². The van der Waals surface area contributed by atoms with Crippen molar-refractivity contribution < 1.29 is 0 Å². The number of benzene rings is 11. The minimum atomic E-state index is -0.191. The van der Waals surface area contributed by atoms with E-state index in [1.807, 2.05) is 6.07 Å². The molecule has 410 valence electrons. The summed E-state index contributed by atoms with van der Waals surface area (Å²) in [5.41, 5.74) is 20.4. The second kappa shape index (κ2) is 20.8. The van der Waals surface area contributed by atoms with Crippen LogP contribution in [-0.2, 0) is 0 Å². The molecular formula is C81H56N6. The van der Waals surface area contributed by atoms with Crippen LogP contribution in [0.2, 0.25) is 0 Å². The predicted octanol–water partition coefficient (Wildman–Crippen LogP) is 20.4. The maximum Gasteiger partial charge on any atom is 0.163 e. The third-order valence-corrected chi connectivity index (χ3v) is 18.0. The van der Waals surface area contributed by atoms with E-state index >= 15 is 0 Å². The van der Waals surface area contributed by atoms with Crippen LogP contribution in [0.25, 0.3) is 127 Å². The molecular weight excluding hydrogens is 1060 g/mol. The molecule has 2 unspecified atom stereocenters. The van der Waals surface area contributed by atoms with Crippen molar-refractivity contribution in [2.45, 2.75) is 24.7 Å². The normalized spacial score (nSPS) is 15.2. The average molecular weight is 1110 g/mol. The fraction of sp³-hybridized carbons (Fsp3) is 0.0494. The SMILES string of the molecule is C1=CCC(c2nc(C3=CC(c4ccc(-c5ccccc5)cc4)=C(n4c5ccc(-n6c7ccccc7c7ccccc76)cc5c5ccc(-n6c7ccccc7c7ccccc76)cc54)C(c4ccc(-c5ccccc5)cc4)C3)nc(-c3ccccc3)n2)C=C1. The standard InChI is InChI=1S/C81H56N6/c1-5-21-53(22-6-1)55-37-41-57(42-38-55)69-49-61(81-83-79(59-25-9-3-10-26-59)82-80(84-81)60-27-11-4-12-28-60)50-70(58-43-39-56(40-44-58)54-23-7-2-8-24-54)78(69)87-76-48-46-62(85-72-33-17-13-29-64(72)65-30-14-18-34-73(65)85)51-71(76)68-47-45-63(52-77(68)87)86-74-35-19-15-31-66(74)67-32-16-20-36-75(67)86/h1-27,29-49,51-52,60,70H,28,50H2.